The van der Waals surface area contributed by atoms with E-state index in [9.17, 15) is 0 Å². The molecule has 1 N–H and O–H groups in total. The number of aryl methyl sites for hydroxylation is 1. The van der Waals surface area contributed by atoms with Crippen LogP contribution in [0, 0.1) is 6.92 Å². The Balaban J connectivity index is 1.45. The summed E-state index contributed by atoms with van der Waals surface area (Å²) in [7, 11) is 0. The number of hydrogen-bond acceptors (Lipinski definition) is 2. The number of benzene rings is 3. The molecule has 0 aliphatic carbocycles. The fourth-order valence-corrected chi connectivity index (χ4v) is 2.71. The topological polar surface area (TPSA) is 21.3 Å². The lowest BCUT2D eigenvalue weighted by molar-refractivity contribution is 0.306. The molecule has 0 radical (unpaired) electrons. The molecular weight excluding hydrogens is 306 g/mol. The fourth-order valence-electron chi connectivity index (χ4n) is 2.71. The van der Waals surface area contributed by atoms with Crippen LogP contribution in [0.4, 0.5) is 0 Å². The van der Waals surface area contributed by atoms with Gasteiger partial charge in [0.25, 0.3) is 0 Å². The van der Waals surface area contributed by atoms with Crippen LogP contribution in [-0.4, -0.2) is 6.54 Å². The van der Waals surface area contributed by atoms with E-state index in [4.69, 9.17) is 4.74 Å². The standard InChI is InChI=1S/C23H25NO/c1-19-10-12-21(13-11-19)18-25-23-9-5-8-22(16-23)17-24-15-14-20-6-3-2-4-7-20/h2-13,16,24H,14-15,17-18H2,1H3. The van der Waals surface area contributed by atoms with Crippen molar-refractivity contribution in [2.45, 2.75) is 26.5 Å². The minimum absolute atomic E-state index is 0.602. The normalized spacial score (nSPS) is 10.6. The summed E-state index contributed by atoms with van der Waals surface area (Å²) in [6, 6.07) is 27.3. The Morgan fingerprint density at radius 1 is 0.760 bits per heavy atom. The Bertz CT molecular complexity index is 766. The molecule has 0 heterocycles. The highest BCUT2D eigenvalue weighted by Crippen LogP contribution is 2.15. The van der Waals surface area contributed by atoms with Gasteiger partial charge in [0.15, 0.2) is 0 Å². The molecule has 2 nitrogen and oxygen atoms in total. The molecule has 0 aliphatic heterocycles. The minimum Gasteiger partial charge on any atom is -0.489 e. The van der Waals surface area contributed by atoms with Crippen molar-refractivity contribution in [1.82, 2.24) is 5.32 Å². The van der Waals surface area contributed by atoms with Crippen LogP contribution in [0.5, 0.6) is 5.75 Å². The lowest BCUT2D eigenvalue weighted by atomic mass is 10.1. The second-order valence-electron chi connectivity index (χ2n) is 6.33. The summed E-state index contributed by atoms with van der Waals surface area (Å²) in [4.78, 5) is 0. The number of nitrogens with one attached hydrogen (secondary N) is 1. The van der Waals surface area contributed by atoms with Crippen LogP contribution in [-0.2, 0) is 19.6 Å². The van der Waals surface area contributed by atoms with Gasteiger partial charge in [-0.05, 0) is 48.7 Å². The predicted octanol–water partition coefficient (Wildman–Crippen LogP) is 4.91. The van der Waals surface area contributed by atoms with E-state index in [-0.39, 0.29) is 0 Å². The van der Waals surface area contributed by atoms with Crippen LogP contribution in [0.25, 0.3) is 0 Å². The van der Waals surface area contributed by atoms with Crippen molar-refractivity contribution in [3.05, 3.63) is 101 Å². The summed E-state index contributed by atoms with van der Waals surface area (Å²) in [6.07, 6.45) is 1.05. The second-order valence-corrected chi connectivity index (χ2v) is 6.33. The van der Waals surface area contributed by atoms with Crippen molar-refractivity contribution in [2.75, 3.05) is 6.54 Å². The van der Waals surface area contributed by atoms with E-state index in [2.05, 4.69) is 85.0 Å². The van der Waals surface area contributed by atoms with Gasteiger partial charge in [-0.2, -0.15) is 0 Å². The summed E-state index contributed by atoms with van der Waals surface area (Å²) in [5, 5.41) is 3.50. The van der Waals surface area contributed by atoms with Crippen molar-refractivity contribution >= 4 is 0 Å². The Morgan fingerprint density at radius 2 is 1.52 bits per heavy atom. The SMILES string of the molecule is Cc1ccc(COc2cccc(CNCCc3ccccc3)c2)cc1. The predicted molar refractivity (Wildman–Crippen MR) is 104 cm³/mol. The van der Waals surface area contributed by atoms with Crippen LogP contribution in [0.15, 0.2) is 78.9 Å². The molecule has 3 aromatic carbocycles. The summed E-state index contributed by atoms with van der Waals surface area (Å²) in [5.41, 5.74) is 5.07. The highest BCUT2D eigenvalue weighted by atomic mass is 16.5. The maximum atomic E-state index is 5.92. The van der Waals surface area contributed by atoms with E-state index in [1.165, 1.54) is 22.3 Å². The molecule has 0 unspecified atom stereocenters. The van der Waals surface area contributed by atoms with Gasteiger partial charge < -0.3 is 10.1 Å². The molecule has 3 aromatic rings. The first-order valence-corrected chi connectivity index (χ1v) is 8.81. The number of ether oxygens (including phenoxy) is 1. The van der Waals surface area contributed by atoms with Gasteiger partial charge in [-0.1, -0.05) is 72.3 Å². The molecule has 0 aliphatic rings. The quantitative estimate of drug-likeness (QED) is 0.592. The average Bonchev–Trinajstić information content (AvgIpc) is 2.66. The lowest BCUT2D eigenvalue weighted by Gasteiger charge is -2.09. The minimum atomic E-state index is 0.602. The maximum Gasteiger partial charge on any atom is 0.120 e. The van der Waals surface area contributed by atoms with Crippen LogP contribution in [0.1, 0.15) is 22.3 Å². The van der Waals surface area contributed by atoms with Gasteiger partial charge in [0.2, 0.25) is 0 Å². The highest BCUT2D eigenvalue weighted by molar-refractivity contribution is 5.29. The molecule has 0 amide bonds. The third-order valence-electron chi connectivity index (χ3n) is 4.19. The van der Waals surface area contributed by atoms with Crippen molar-refractivity contribution in [3.8, 4) is 5.75 Å². The van der Waals surface area contributed by atoms with E-state index < -0.39 is 0 Å². The molecule has 0 atom stereocenters. The van der Waals surface area contributed by atoms with Gasteiger partial charge in [0.1, 0.15) is 12.4 Å². The fraction of sp³-hybridized carbons (Fsp3) is 0.217. The maximum absolute atomic E-state index is 5.92. The summed E-state index contributed by atoms with van der Waals surface area (Å²) in [5.74, 6) is 0.919. The monoisotopic (exact) mass is 331 g/mol. The second kappa shape index (κ2) is 9.05. The van der Waals surface area contributed by atoms with Gasteiger partial charge in [0.05, 0.1) is 0 Å². The average molecular weight is 331 g/mol. The molecule has 128 valence electrons. The molecular formula is C23H25NO. The van der Waals surface area contributed by atoms with Crippen LogP contribution in [0.2, 0.25) is 0 Å². The Hall–Kier alpha value is -2.58. The van der Waals surface area contributed by atoms with E-state index in [0.717, 1.165) is 25.3 Å². The van der Waals surface area contributed by atoms with Crippen molar-refractivity contribution < 1.29 is 4.74 Å². The molecule has 0 aromatic heterocycles. The third-order valence-corrected chi connectivity index (χ3v) is 4.19. The van der Waals surface area contributed by atoms with Gasteiger partial charge in [0, 0.05) is 6.54 Å². The van der Waals surface area contributed by atoms with E-state index in [1.807, 2.05) is 6.07 Å². The summed E-state index contributed by atoms with van der Waals surface area (Å²) in [6.45, 7) is 4.52. The van der Waals surface area contributed by atoms with Crippen molar-refractivity contribution in [3.63, 3.8) is 0 Å². The van der Waals surface area contributed by atoms with Crippen LogP contribution in [0.3, 0.4) is 0 Å². The largest absolute Gasteiger partial charge is 0.489 e. The lowest BCUT2D eigenvalue weighted by Crippen LogP contribution is -2.16. The smallest absolute Gasteiger partial charge is 0.120 e. The number of hydrogen-bond donors (Lipinski definition) is 1. The van der Waals surface area contributed by atoms with Crippen LogP contribution >= 0.6 is 0 Å². The summed E-state index contributed by atoms with van der Waals surface area (Å²) < 4.78 is 5.92. The first kappa shape index (κ1) is 17.2. The van der Waals surface area contributed by atoms with Gasteiger partial charge >= 0.3 is 0 Å². The zero-order chi connectivity index (χ0) is 17.3. The summed E-state index contributed by atoms with van der Waals surface area (Å²) >= 11 is 0. The zero-order valence-corrected chi connectivity index (χ0v) is 14.7. The third kappa shape index (κ3) is 5.77. The molecule has 25 heavy (non-hydrogen) atoms. The zero-order valence-electron chi connectivity index (χ0n) is 14.7. The van der Waals surface area contributed by atoms with E-state index >= 15 is 0 Å². The molecule has 0 spiro atoms. The molecule has 2 heteroatoms. The molecule has 0 fully saturated rings. The molecule has 0 bridgehead atoms. The Kier molecular flexibility index (Phi) is 6.24. The molecule has 0 saturated heterocycles. The first-order valence-electron chi connectivity index (χ1n) is 8.81. The van der Waals surface area contributed by atoms with Crippen LogP contribution < -0.4 is 10.1 Å². The molecule has 0 saturated carbocycles. The highest BCUT2D eigenvalue weighted by Gasteiger charge is 1.99. The van der Waals surface area contributed by atoms with Crippen molar-refractivity contribution in [1.29, 1.82) is 0 Å². The number of rotatable bonds is 8. The first-order chi connectivity index (χ1) is 12.3. The molecule has 3 rings (SSSR count). The van der Waals surface area contributed by atoms with Crippen molar-refractivity contribution in [2.24, 2.45) is 0 Å². The Morgan fingerprint density at radius 3 is 2.32 bits per heavy atom. The van der Waals surface area contributed by atoms with E-state index in [1.54, 1.807) is 0 Å². The van der Waals surface area contributed by atoms with Gasteiger partial charge in [-0.15, -0.1) is 0 Å². The van der Waals surface area contributed by atoms with Gasteiger partial charge in [-0.25, -0.2) is 0 Å². The van der Waals surface area contributed by atoms with Gasteiger partial charge in [-0.3, -0.25) is 0 Å². The Labute approximate surface area is 150 Å². The van der Waals surface area contributed by atoms with E-state index in [0.29, 0.717) is 6.61 Å².